The summed E-state index contributed by atoms with van der Waals surface area (Å²) in [6.45, 7) is 0.677. The van der Waals surface area contributed by atoms with Crippen molar-refractivity contribution < 1.29 is 4.79 Å². The maximum Gasteiger partial charge on any atom is 0.264 e. The van der Waals surface area contributed by atoms with Crippen molar-refractivity contribution in [2.45, 2.75) is 19.0 Å². The van der Waals surface area contributed by atoms with Crippen LogP contribution in [0.15, 0.2) is 41.7 Å². The first-order valence-electron chi connectivity index (χ1n) is 6.72. The minimum absolute atomic E-state index is 0.0347. The van der Waals surface area contributed by atoms with Crippen molar-refractivity contribution in [1.29, 1.82) is 0 Å². The van der Waals surface area contributed by atoms with E-state index in [0.29, 0.717) is 11.7 Å². The zero-order valence-corrected chi connectivity index (χ0v) is 12.6. The van der Waals surface area contributed by atoms with E-state index in [4.69, 9.17) is 11.6 Å². The molecule has 1 N–H and O–H groups in total. The lowest BCUT2D eigenvalue weighted by atomic mass is 10.1. The zero-order chi connectivity index (χ0) is 14.5. The number of halogens is 1. The summed E-state index contributed by atoms with van der Waals surface area (Å²) in [4.78, 5) is 15.8. The molecular weight excluding hydrogens is 274 g/mol. The van der Waals surface area contributed by atoms with Gasteiger partial charge in [0.1, 0.15) is 5.16 Å². The predicted octanol–water partition coefficient (Wildman–Crippen LogP) is 1.98. The molecule has 5 heteroatoms. The lowest BCUT2D eigenvalue weighted by molar-refractivity contribution is -0.135. The van der Waals surface area contributed by atoms with E-state index in [1.807, 2.05) is 37.2 Å². The number of likely N-dealkylation sites (N-methyl/N-ethyl adjacent to an activating group) is 1. The van der Waals surface area contributed by atoms with E-state index in [1.54, 1.807) is 11.1 Å². The van der Waals surface area contributed by atoms with E-state index in [1.165, 1.54) is 5.56 Å². The molecule has 1 atom stereocenters. The number of rotatable bonds is 5. The highest BCUT2D eigenvalue weighted by Gasteiger charge is 2.29. The van der Waals surface area contributed by atoms with Crippen LogP contribution < -0.4 is 5.32 Å². The summed E-state index contributed by atoms with van der Waals surface area (Å²) in [5.74, 6) is 0.0347. The molecule has 0 radical (unpaired) electrons. The second kappa shape index (κ2) is 6.77. The van der Waals surface area contributed by atoms with Gasteiger partial charge in [-0.25, -0.2) is 0 Å². The molecule has 0 aromatic heterocycles. The topological polar surface area (TPSA) is 35.6 Å². The van der Waals surface area contributed by atoms with Crippen LogP contribution in [0.1, 0.15) is 12.0 Å². The fourth-order valence-corrected chi connectivity index (χ4v) is 2.43. The summed E-state index contributed by atoms with van der Waals surface area (Å²) < 4.78 is 0. The molecule has 1 aliphatic rings. The summed E-state index contributed by atoms with van der Waals surface area (Å²) in [7, 11) is 3.71. The molecular formula is C15H20ClN3O. The number of benzene rings is 1. The van der Waals surface area contributed by atoms with Crippen LogP contribution in [0.5, 0.6) is 0 Å². The number of nitrogens with zero attached hydrogens (tertiary/aromatic N) is 2. The van der Waals surface area contributed by atoms with Gasteiger partial charge >= 0.3 is 0 Å². The largest absolute Gasteiger partial charge is 0.351 e. The van der Waals surface area contributed by atoms with Gasteiger partial charge in [0.25, 0.3) is 5.91 Å². The van der Waals surface area contributed by atoms with E-state index >= 15 is 0 Å². The maximum atomic E-state index is 12.3. The smallest absolute Gasteiger partial charge is 0.264 e. The zero-order valence-electron chi connectivity index (χ0n) is 11.8. The Labute approximate surface area is 125 Å². The average Bonchev–Trinajstić information content (AvgIpc) is 2.43. The lowest BCUT2D eigenvalue weighted by Crippen LogP contribution is -2.55. The molecule has 0 spiro atoms. The van der Waals surface area contributed by atoms with Crippen molar-refractivity contribution in [3.63, 3.8) is 0 Å². The molecule has 1 aliphatic heterocycles. The van der Waals surface area contributed by atoms with Gasteiger partial charge in [0, 0.05) is 12.7 Å². The van der Waals surface area contributed by atoms with Gasteiger partial charge in [-0.1, -0.05) is 41.9 Å². The fourth-order valence-electron chi connectivity index (χ4n) is 2.21. The van der Waals surface area contributed by atoms with Gasteiger partial charge in [-0.3, -0.25) is 9.69 Å². The third-order valence-corrected chi connectivity index (χ3v) is 3.49. The van der Waals surface area contributed by atoms with E-state index in [2.05, 4.69) is 17.4 Å². The van der Waals surface area contributed by atoms with Crippen LogP contribution in [0, 0.1) is 0 Å². The van der Waals surface area contributed by atoms with Crippen LogP contribution in [0.25, 0.3) is 0 Å². The molecule has 1 aromatic rings. The van der Waals surface area contributed by atoms with Gasteiger partial charge in [0.15, 0.2) is 6.17 Å². The second-order valence-corrected chi connectivity index (χ2v) is 5.52. The van der Waals surface area contributed by atoms with Gasteiger partial charge < -0.3 is 10.2 Å². The Morgan fingerprint density at radius 3 is 2.65 bits per heavy atom. The average molecular weight is 294 g/mol. The SMILES string of the molecule is CN(C)C1NC(Cl)=CN(CCCc2ccccc2)C1=O. The number of nitrogens with one attached hydrogen (secondary N) is 1. The molecule has 0 bridgehead atoms. The molecule has 108 valence electrons. The van der Waals surface area contributed by atoms with E-state index in [9.17, 15) is 4.79 Å². The van der Waals surface area contributed by atoms with E-state index < -0.39 is 0 Å². The third kappa shape index (κ3) is 3.74. The first-order chi connectivity index (χ1) is 9.58. The van der Waals surface area contributed by atoms with Gasteiger partial charge in [-0.15, -0.1) is 0 Å². The second-order valence-electron chi connectivity index (χ2n) is 5.11. The Morgan fingerprint density at radius 2 is 2.00 bits per heavy atom. The fraction of sp³-hybridized carbons (Fsp3) is 0.400. The quantitative estimate of drug-likeness (QED) is 0.843. The summed E-state index contributed by atoms with van der Waals surface area (Å²) in [6.07, 6.45) is 3.16. The monoisotopic (exact) mass is 293 g/mol. The maximum absolute atomic E-state index is 12.3. The minimum atomic E-state index is -0.385. The normalized spacial score (nSPS) is 19.0. The molecule has 1 heterocycles. The molecule has 0 fully saturated rings. The molecule has 1 aromatic carbocycles. The molecule has 0 aliphatic carbocycles. The van der Waals surface area contributed by atoms with Crippen molar-refractivity contribution in [1.82, 2.24) is 15.1 Å². The Hall–Kier alpha value is -1.52. The lowest BCUT2D eigenvalue weighted by Gasteiger charge is -2.33. The number of aryl methyl sites for hydroxylation is 1. The van der Waals surface area contributed by atoms with Crippen LogP contribution in [0.4, 0.5) is 0 Å². The number of carbonyl (C=O) groups is 1. The van der Waals surface area contributed by atoms with Gasteiger partial charge in [0.05, 0.1) is 0 Å². The Balaban J connectivity index is 1.91. The Morgan fingerprint density at radius 1 is 1.30 bits per heavy atom. The Bertz CT molecular complexity index is 487. The first-order valence-corrected chi connectivity index (χ1v) is 7.10. The van der Waals surface area contributed by atoms with Crippen molar-refractivity contribution in [3.8, 4) is 0 Å². The minimum Gasteiger partial charge on any atom is -0.351 e. The van der Waals surface area contributed by atoms with Crippen molar-refractivity contribution >= 4 is 17.5 Å². The van der Waals surface area contributed by atoms with Gasteiger partial charge in [0.2, 0.25) is 0 Å². The molecule has 4 nitrogen and oxygen atoms in total. The molecule has 0 saturated carbocycles. The third-order valence-electron chi connectivity index (χ3n) is 3.28. The molecule has 2 rings (SSSR count). The van der Waals surface area contributed by atoms with Crippen LogP contribution >= 0.6 is 11.6 Å². The summed E-state index contributed by atoms with van der Waals surface area (Å²) in [5, 5.41) is 3.47. The predicted molar refractivity (Wildman–Crippen MR) is 81.0 cm³/mol. The first kappa shape index (κ1) is 14.9. The molecule has 1 amide bonds. The summed E-state index contributed by atoms with van der Waals surface area (Å²) >= 11 is 6.04. The number of hydrogen-bond donors (Lipinski definition) is 1. The highest BCUT2D eigenvalue weighted by atomic mass is 35.5. The standard InChI is InChI=1S/C15H20ClN3O/c1-18(2)14-15(20)19(11-13(16)17-14)10-6-9-12-7-4-3-5-8-12/h3-5,7-8,11,14,17H,6,9-10H2,1-2H3. The van der Waals surface area contributed by atoms with Crippen molar-refractivity contribution in [2.24, 2.45) is 0 Å². The summed E-state index contributed by atoms with van der Waals surface area (Å²) in [5.41, 5.74) is 1.29. The number of carbonyl (C=O) groups excluding carboxylic acids is 1. The molecule has 1 unspecified atom stereocenters. The highest BCUT2D eigenvalue weighted by Crippen LogP contribution is 2.14. The van der Waals surface area contributed by atoms with Gasteiger partial charge in [-0.05, 0) is 32.5 Å². The van der Waals surface area contributed by atoms with E-state index in [0.717, 1.165) is 12.8 Å². The van der Waals surface area contributed by atoms with Crippen molar-refractivity contribution in [3.05, 3.63) is 47.3 Å². The molecule has 20 heavy (non-hydrogen) atoms. The van der Waals surface area contributed by atoms with Crippen LogP contribution in [0.2, 0.25) is 0 Å². The van der Waals surface area contributed by atoms with Crippen molar-refractivity contribution in [2.75, 3.05) is 20.6 Å². The Kier molecular flexibility index (Phi) is 5.04. The van der Waals surface area contributed by atoms with Crippen LogP contribution in [-0.2, 0) is 11.2 Å². The number of hydrogen-bond acceptors (Lipinski definition) is 3. The van der Waals surface area contributed by atoms with E-state index in [-0.39, 0.29) is 12.1 Å². The van der Waals surface area contributed by atoms with Crippen LogP contribution in [0.3, 0.4) is 0 Å². The number of amides is 1. The highest BCUT2D eigenvalue weighted by molar-refractivity contribution is 6.29. The molecule has 0 saturated heterocycles. The van der Waals surface area contributed by atoms with Crippen LogP contribution in [-0.4, -0.2) is 42.5 Å². The summed E-state index contributed by atoms with van der Waals surface area (Å²) in [6, 6.07) is 10.3. The van der Waals surface area contributed by atoms with Gasteiger partial charge in [-0.2, -0.15) is 0 Å².